The number of hydrogen-bond acceptors (Lipinski definition) is 2. The van der Waals surface area contributed by atoms with Crippen LogP contribution in [0.1, 0.15) is 18.9 Å². The molecule has 0 spiro atoms. The molecule has 88 valence electrons. The predicted octanol–water partition coefficient (Wildman–Crippen LogP) is 3.08. The highest BCUT2D eigenvalue weighted by molar-refractivity contribution is 6.53. The lowest BCUT2D eigenvalue weighted by molar-refractivity contribution is -0.120. The number of anilines is 1. The molecule has 1 aliphatic rings. The molecular formula is C12H10Cl2N2O. The predicted molar refractivity (Wildman–Crippen MR) is 66.9 cm³/mol. The SMILES string of the molecule is CC1(C(=O)Nc2ccc(C#N)cc2)CC1(Cl)Cl. The molecule has 0 radical (unpaired) electrons. The molecule has 0 saturated heterocycles. The smallest absolute Gasteiger partial charge is 0.233 e. The molecule has 17 heavy (non-hydrogen) atoms. The molecule has 1 atom stereocenters. The number of alkyl halides is 2. The number of hydrogen-bond donors (Lipinski definition) is 1. The van der Waals surface area contributed by atoms with Gasteiger partial charge in [-0.25, -0.2) is 0 Å². The van der Waals surface area contributed by atoms with E-state index in [0.717, 1.165) is 0 Å². The van der Waals surface area contributed by atoms with Gasteiger partial charge < -0.3 is 5.32 Å². The van der Waals surface area contributed by atoms with E-state index >= 15 is 0 Å². The Kier molecular flexibility index (Phi) is 2.81. The van der Waals surface area contributed by atoms with Crippen molar-refractivity contribution in [3.05, 3.63) is 29.8 Å². The van der Waals surface area contributed by atoms with Crippen molar-refractivity contribution in [3.63, 3.8) is 0 Å². The molecule has 1 fully saturated rings. The quantitative estimate of drug-likeness (QED) is 0.839. The Balaban J connectivity index is 2.07. The van der Waals surface area contributed by atoms with Gasteiger partial charge in [0, 0.05) is 5.69 Å². The lowest BCUT2D eigenvalue weighted by Crippen LogP contribution is -2.25. The van der Waals surface area contributed by atoms with Crippen LogP contribution in [-0.2, 0) is 4.79 Å². The average molecular weight is 269 g/mol. The number of rotatable bonds is 2. The summed E-state index contributed by atoms with van der Waals surface area (Å²) in [6.07, 6.45) is 0.450. The van der Waals surface area contributed by atoms with E-state index in [1.54, 1.807) is 31.2 Å². The number of benzene rings is 1. The van der Waals surface area contributed by atoms with Gasteiger partial charge in [0.1, 0.15) is 4.33 Å². The highest BCUT2D eigenvalue weighted by Crippen LogP contribution is 2.64. The minimum atomic E-state index is -0.969. The molecule has 1 unspecified atom stereocenters. The third-order valence-electron chi connectivity index (χ3n) is 3.03. The first-order valence-electron chi connectivity index (χ1n) is 5.08. The summed E-state index contributed by atoms with van der Waals surface area (Å²) in [6, 6.07) is 8.63. The van der Waals surface area contributed by atoms with Crippen LogP contribution in [0.15, 0.2) is 24.3 Å². The van der Waals surface area contributed by atoms with Crippen molar-refractivity contribution in [2.75, 3.05) is 5.32 Å². The van der Waals surface area contributed by atoms with Gasteiger partial charge in [-0.3, -0.25) is 4.79 Å². The van der Waals surface area contributed by atoms with Crippen LogP contribution in [0, 0.1) is 16.7 Å². The first-order valence-corrected chi connectivity index (χ1v) is 5.84. The molecule has 1 amide bonds. The molecule has 3 nitrogen and oxygen atoms in total. The van der Waals surface area contributed by atoms with Crippen molar-refractivity contribution in [2.45, 2.75) is 17.7 Å². The molecule has 1 saturated carbocycles. The number of amides is 1. The standard InChI is InChI=1S/C12H10Cl2N2O/c1-11(7-12(11,13)14)10(17)16-9-4-2-8(6-15)3-5-9/h2-5H,7H2,1H3,(H,16,17). The number of halogens is 2. The van der Waals surface area contributed by atoms with E-state index in [1.807, 2.05) is 6.07 Å². The lowest BCUT2D eigenvalue weighted by atomic mass is 10.1. The summed E-state index contributed by atoms with van der Waals surface area (Å²) in [5.41, 5.74) is 0.445. The lowest BCUT2D eigenvalue weighted by Gasteiger charge is -2.12. The number of nitrogens with one attached hydrogen (secondary N) is 1. The van der Waals surface area contributed by atoms with Crippen LogP contribution in [0.3, 0.4) is 0 Å². The Hall–Kier alpha value is -1.24. The van der Waals surface area contributed by atoms with Gasteiger partial charge in [0.15, 0.2) is 0 Å². The van der Waals surface area contributed by atoms with Gasteiger partial charge in [-0.2, -0.15) is 5.26 Å². The fourth-order valence-corrected chi connectivity index (χ4v) is 2.25. The van der Waals surface area contributed by atoms with Gasteiger partial charge in [0.2, 0.25) is 5.91 Å². The van der Waals surface area contributed by atoms with E-state index in [2.05, 4.69) is 5.32 Å². The maximum atomic E-state index is 11.9. The number of nitriles is 1. The molecule has 0 aliphatic heterocycles. The summed E-state index contributed by atoms with van der Waals surface area (Å²) in [7, 11) is 0. The second kappa shape index (κ2) is 3.90. The summed E-state index contributed by atoms with van der Waals surface area (Å²) in [4.78, 5) is 11.9. The topological polar surface area (TPSA) is 52.9 Å². The fourth-order valence-electron chi connectivity index (χ4n) is 1.54. The van der Waals surface area contributed by atoms with Crippen LogP contribution in [0.2, 0.25) is 0 Å². The van der Waals surface area contributed by atoms with E-state index < -0.39 is 9.75 Å². The normalized spacial score (nSPS) is 24.8. The van der Waals surface area contributed by atoms with Gasteiger partial charge in [0.25, 0.3) is 0 Å². The molecule has 0 heterocycles. The first kappa shape index (κ1) is 12.2. The molecule has 1 aromatic rings. The zero-order valence-corrected chi connectivity index (χ0v) is 10.6. The maximum Gasteiger partial charge on any atom is 0.233 e. The van der Waals surface area contributed by atoms with E-state index in [4.69, 9.17) is 28.5 Å². The first-order chi connectivity index (χ1) is 7.89. The maximum absolute atomic E-state index is 11.9. The van der Waals surface area contributed by atoms with Crippen LogP contribution in [0.5, 0.6) is 0 Å². The Labute approximate surface area is 109 Å². The Morgan fingerprint density at radius 2 is 1.94 bits per heavy atom. The zero-order chi connectivity index (χ0) is 12.7. The molecule has 2 rings (SSSR count). The summed E-state index contributed by atoms with van der Waals surface area (Å²) >= 11 is 11.8. The minimum Gasteiger partial charge on any atom is -0.326 e. The Bertz CT molecular complexity index is 504. The van der Waals surface area contributed by atoms with Crippen molar-refractivity contribution in [2.24, 2.45) is 5.41 Å². The number of carbonyl (C=O) groups excluding carboxylic acids is 1. The summed E-state index contributed by atoms with van der Waals surface area (Å²) in [6.45, 7) is 1.73. The van der Waals surface area contributed by atoms with E-state index in [0.29, 0.717) is 17.7 Å². The van der Waals surface area contributed by atoms with Crippen molar-refractivity contribution in [1.82, 2.24) is 0 Å². The summed E-state index contributed by atoms with van der Waals surface area (Å²) in [5, 5.41) is 11.4. The summed E-state index contributed by atoms with van der Waals surface area (Å²) < 4.78 is -0.969. The van der Waals surface area contributed by atoms with Crippen LogP contribution in [-0.4, -0.2) is 10.2 Å². The molecule has 0 aromatic heterocycles. The van der Waals surface area contributed by atoms with Crippen molar-refractivity contribution in [1.29, 1.82) is 5.26 Å². The van der Waals surface area contributed by atoms with Gasteiger partial charge in [-0.1, -0.05) is 0 Å². The number of carbonyl (C=O) groups is 1. The largest absolute Gasteiger partial charge is 0.326 e. The highest BCUT2D eigenvalue weighted by atomic mass is 35.5. The number of nitrogens with zero attached hydrogens (tertiary/aromatic N) is 1. The molecule has 1 aromatic carbocycles. The van der Waals surface area contributed by atoms with Crippen LogP contribution in [0.4, 0.5) is 5.69 Å². The van der Waals surface area contributed by atoms with E-state index in [-0.39, 0.29) is 5.91 Å². The second-order valence-corrected chi connectivity index (χ2v) is 5.84. The van der Waals surface area contributed by atoms with Gasteiger partial charge in [-0.15, -0.1) is 23.2 Å². The zero-order valence-electron chi connectivity index (χ0n) is 9.13. The molecule has 0 bridgehead atoms. The van der Waals surface area contributed by atoms with Gasteiger partial charge in [0.05, 0.1) is 17.0 Å². The molecule has 1 aliphatic carbocycles. The van der Waals surface area contributed by atoms with E-state index in [1.165, 1.54) is 0 Å². The monoisotopic (exact) mass is 268 g/mol. The molecule has 1 N–H and O–H groups in total. The van der Waals surface area contributed by atoms with Crippen molar-refractivity contribution < 1.29 is 4.79 Å². The Morgan fingerprint density at radius 1 is 1.41 bits per heavy atom. The highest BCUT2D eigenvalue weighted by Gasteiger charge is 2.67. The fraction of sp³-hybridized carbons (Fsp3) is 0.333. The van der Waals surface area contributed by atoms with Crippen molar-refractivity contribution >= 4 is 34.8 Å². The summed E-state index contributed by atoms with van der Waals surface area (Å²) in [5.74, 6) is -0.202. The third kappa shape index (κ3) is 2.11. The molecular weight excluding hydrogens is 259 g/mol. The average Bonchev–Trinajstić information content (AvgIpc) is 2.81. The Morgan fingerprint density at radius 3 is 2.35 bits per heavy atom. The van der Waals surface area contributed by atoms with Crippen molar-refractivity contribution in [3.8, 4) is 6.07 Å². The molecule has 5 heteroatoms. The van der Waals surface area contributed by atoms with E-state index in [9.17, 15) is 4.79 Å². The van der Waals surface area contributed by atoms with Crippen LogP contribution >= 0.6 is 23.2 Å². The minimum absolute atomic E-state index is 0.202. The van der Waals surface area contributed by atoms with Gasteiger partial charge in [-0.05, 0) is 37.6 Å². The van der Waals surface area contributed by atoms with Crippen LogP contribution < -0.4 is 5.32 Å². The second-order valence-electron chi connectivity index (χ2n) is 4.36. The van der Waals surface area contributed by atoms with Gasteiger partial charge >= 0.3 is 0 Å². The third-order valence-corrected chi connectivity index (χ3v) is 4.13. The van der Waals surface area contributed by atoms with Crippen LogP contribution in [0.25, 0.3) is 0 Å².